The van der Waals surface area contributed by atoms with Crippen LogP contribution in [0.1, 0.15) is 18.0 Å². The number of anilines is 3. The fraction of sp³-hybridized carbons (Fsp3) is 0.588. The molecule has 2 aliphatic heterocycles. The first-order valence-electron chi connectivity index (χ1n) is 9.35. The van der Waals surface area contributed by atoms with Crippen molar-refractivity contribution in [1.29, 1.82) is 0 Å². The number of nitrogens with one attached hydrogen (secondary N) is 2. The van der Waals surface area contributed by atoms with Crippen LogP contribution in [0.2, 0.25) is 5.15 Å². The Morgan fingerprint density at radius 1 is 1.27 bits per heavy atom. The van der Waals surface area contributed by atoms with Crippen LogP contribution in [0, 0.1) is 0 Å². The highest BCUT2D eigenvalue weighted by Gasteiger charge is 2.38. The number of piperidine rings is 1. The SMILES string of the molecule is CNc1nc(Nc2cnn([C@@H]3CCN(C4COC4)C[C@H]3F)c2Cl)ncc1C(F)(F)F. The third kappa shape index (κ3) is 4.03. The maximum atomic E-state index is 14.8. The van der Waals surface area contributed by atoms with Gasteiger partial charge < -0.3 is 15.4 Å². The second-order valence-electron chi connectivity index (χ2n) is 7.18. The van der Waals surface area contributed by atoms with E-state index in [4.69, 9.17) is 16.3 Å². The summed E-state index contributed by atoms with van der Waals surface area (Å²) in [6.45, 7) is 2.21. The summed E-state index contributed by atoms with van der Waals surface area (Å²) < 4.78 is 60.3. The Labute approximate surface area is 174 Å². The van der Waals surface area contributed by atoms with Crippen molar-refractivity contribution in [3.05, 3.63) is 23.1 Å². The van der Waals surface area contributed by atoms with E-state index in [1.54, 1.807) is 0 Å². The van der Waals surface area contributed by atoms with Gasteiger partial charge in [0.05, 0.1) is 37.2 Å². The number of aromatic nitrogens is 4. The molecule has 0 spiro atoms. The van der Waals surface area contributed by atoms with Crippen molar-refractivity contribution in [3.63, 3.8) is 0 Å². The van der Waals surface area contributed by atoms with Gasteiger partial charge in [-0.05, 0) is 6.42 Å². The van der Waals surface area contributed by atoms with Gasteiger partial charge in [-0.2, -0.15) is 23.3 Å². The van der Waals surface area contributed by atoms with E-state index in [-0.39, 0.29) is 35.2 Å². The number of hydrogen-bond donors (Lipinski definition) is 2. The van der Waals surface area contributed by atoms with Crippen LogP contribution < -0.4 is 10.6 Å². The maximum Gasteiger partial charge on any atom is 0.421 e. The number of nitrogens with zero attached hydrogens (tertiary/aromatic N) is 5. The molecule has 164 valence electrons. The highest BCUT2D eigenvalue weighted by molar-refractivity contribution is 6.32. The molecule has 2 aliphatic rings. The molecule has 2 atom stereocenters. The van der Waals surface area contributed by atoms with Gasteiger partial charge in [0.15, 0.2) is 5.15 Å². The number of rotatable bonds is 5. The molecule has 13 heteroatoms. The van der Waals surface area contributed by atoms with Gasteiger partial charge in [0.25, 0.3) is 0 Å². The minimum atomic E-state index is -4.59. The Kier molecular flexibility index (Phi) is 5.73. The van der Waals surface area contributed by atoms with Crippen molar-refractivity contribution < 1.29 is 22.3 Å². The molecular formula is C17H20ClF4N7O. The van der Waals surface area contributed by atoms with Gasteiger partial charge in [0.1, 0.15) is 17.6 Å². The minimum absolute atomic E-state index is 0.0922. The van der Waals surface area contributed by atoms with Gasteiger partial charge in [0.2, 0.25) is 5.95 Å². The summed E-state index contributed by atoms with van der Waals surface area (Å²) in [6, 6.07) is -0.278. The highest BCUT2D eigenvalue weighted by Crippen LogP contribution is 2.36. The van der Waals surface area contributed by atoms with Gasteiger partial charge in [-0.1, -0.05) is 11.6 Å². The summed E-state index contributed by atoms with van der Waals surface area (Å²) in [7, 11) is 1.33. The molecule has 8 nitrogen and oxygen atoms in total. The first-order valence-corrected chi connectivity index (χ1v) is 9.73. The minimum Gasteiger partial charge on any atom is -0.378 e. The smallest absolute Gasteiger partial charge is 0.378 e. The predicted molar refractivity (Wildman–Crippen MR) is 102 cm³/mol. The van der Waals surface area contributed by atoms with E-state index in [0.717, 1.165) is 0 Å². The van der Waals surface area contributed by atoms with Gasteiger partial charge >= 0.3 is 6.18 Å². The second kappa shape index (κ2) is 8.16. The average molecular weight is 450 g/mol. The largest absolute Gasteiger partial charge is 0.421 e. The maximum absolute atomic E-state index is 14.8. The molecular weight excluding hydrogens is 430 g/mol. The van der Waals surface area contributed by atoms with Crippen LogP contribution in [0.3, 0.4) is 0 Å². The lowest BCUT2D eigenvalue weighted by molar-refractivity contribution is -0.137. The topological polar surface area (TPSA) is 80.1 Å². The quantitative estimate of drug-likeness (QED) is 0.679. The summed E-state index contributed by atoms with van der Waals surface area (Å²) in [6.07, 6.45) is -3.17. The lowest BCUT2D eigenvalue weighted by atomic mass is 10.0. The molecule has 0 unspecified atom stereocenters. The van der Waals surface area contributed by atoms with Crippen LogP contribution >= 0.6 is 11.6 Å². The Hall–Kier alpha value is -2.18. The lowest BCUT2D eigenvalue weighted by Gasteiger charge is -2.42. The van der Waals surface area contributed by atoms with Crippen LogP contribution in [0.15, 0.2) is 12.4 Å². The Morgan fingerprint density at radius 2 is 2.03 bits per heavy atom. The van der Waals surface area contributed by atoms with E-state index < -0.39 is 24.0 Å². The van der Waals surface area contributed by atoms with Crippen molar-refractivity contribution in [2.45, 2.75) is 30.9 Å². The molecule has 2 N–H and O–H groups in total. The zero-order valence-corrected chi connectivity index (χ0v) is 16.7. The number of hydrogen-bond acceptors (Lipinski definition) is 7. The van der Waals surface area contributed by atoms with E-state index in [0.29, 0.717) is 32.4 Å². The standard InChI is InChI=1S/C17H20ClF4N7O/c1-23-15-10(17(20,21)22)4-24-16(27-15)26-12-5-25-29(14(12)18)13-2-3-28(6-11(13)19)9-7-30-8-9/h4-5,9,11,13H,2-3,6-8H2,1H3,(H2,23,24,26,27)/t11-,13-/m1/s1. The molecule has 0 aliphatic carbocycles. The van der Waals surface area contributed by atoms with Gasteiger partial charge in [-0.15, -0.1) is 0 Å². The lowest BCUT2D eigenvalue weighted by Crippen LogP contribution is -2.55. The van der Waals surface area contributed by atoms with Crippen molar-refractivity contribution >= 4 is 29.1 Å². The normalized spacial score (nSPS) is 23.3. The Balaban J connectivity index is 1.48. The zero-order valence-electron chi connectivity index (χ0n) is 16.0. The van der Waals surface area contributed by atoms with E-state index in [9.17, 15) is 17.6 Å². The molecule has 0 radical (unpaired) electrons. The number of alkyl halides is 4. The molecule has 4 heterocycles. The van der Waals surface area contributed by atoms with Crippen molar-refractivity contribution in [1.82, 2.24) is 24.6 Å². The Morgan fingerprint density at radius 3 is 2.63 bits per heavy atom. The number of halogens is 5. The molecule has 2 fully saturated rings. The average Bonchev–Trinajstić information content (AvgIpc) is 3.00. The summed E-state index contributed by atoms with van der Waals surface area (Å²) in [5, 5.41) is 9.47. The van der Waals surface area contributed by atoms with Crippen molar-refractivity contribution in [2.24, 2.45) is 0 Å². The summed E-state index contributed by atoms with van der Waals surface area (Å²) in [4.78, 5) is 9.60. The first kappa shape index (κ1) is 21.1. The van der Waals surface area contributed by atoms with Gasteiger partial charge in [-0.25, -0.2) is 14.1 Å². The third-order valence-corrected chi connectivity index (χ3v) is 5.68. The third-order valence-electron chi connectivity index (χ3n) is 5.30. The molecule has 30 heavy (non-hydrogen) atoms. The van der Waals surface area contributed by atoms with E-state index >= 15 is 0 Å². The first-order chi connectivity index (χ1) is 14.3. The Bertz CT molecular complexity index is 905. The monoisotopic (exact) mass is 449 g/mol. The molecule has 0 saturated carbocycles. The number of likely N-dealkylation sites (tertiary alicyclic amines) is 1. The van der Waals surface area contributed by atoms with Crippen molar-refractivity contribution in [3.8, 4) is 0 Å². The molecule has 2 aromatic rings. The summed E-state index contributed by atoms with van der Waals surface area (Å²) >= 11 is 6.37. The molecule has 0 aromatic carbocycles. The van der Waals surface area contributed by atoms with Crippen LogP contribution in [-0.2, 0) is 10.9 Å². The fourth-order valence-corrected chi connectivity index (χ4v) is 3.85. The summed E-state index contributed by atoms with van der Waals surface area (Å²) in [5.41, 5.74) is -0.707. The second-order valence-corrected chi connectivity index (χ2v) is 7.54. The molecule has 2 aromatic heterocycles. The molecule has 0 amide bonds. The van der Waals surface area contributed by atoms with E-state index in [2.05, 4.69) is 30.6 Å². The van der Waals surface area contributed by atoms with Gasteiger partial charge in [0, 0.05) is 26.3 Å². The zero-order chi connectivity index (χ0) is 21.5. The van der Waals surface area contributed by atoms with Crippen molar-refractivity contribution in [2.75, 3.05) is 44.0 Å². The molecule has 0 bridgehead atoms. The molecule has 2 saturated heterocycles. The van der Waals surface area contributed by atoms with E-state index in [1.165, 1.54) is 17.9 Å². The molecule has 4 rings (SSSR count). The van der Waals surface area contributed by atoms with Crippen LogP contribution in [0.25, 0.3) is 0 Å². The van der Waals surface area contributed by atoms with Crippen LogP contribution in [0.5, 0.6) is 0 Å². The summed E-state index contributed by atoms with van der Waals surface area (Å²) in [5.74, 6) is -0.468. The highest BCUT2D eigenvalue weighted by atomic mass is 35.5. The van der Waals surface area contributed by atoms with Crippen LogP contribution in [-0.4, -0.2) is 70.2 Å². The number of ether oxygens (including phenoxy) is 1. The van der Waals surface area contributed by atoms with E-state index in [1.807, 2.05) is 0 Å². The van der Waals surface area contributed by atoms with Gasteiger partial charge in [-0.3, -0.25) is 4.90 Å². The predicted octanol–water partition coefficient (Wildman–Crippen LogP) is 3.11. The van der Waals surface area contributed by atoms with Crippen LogP contribution in [0.4, 0.5) is 35.0 Å². The fourth-order valence-electron chi connectivity index (χ4n) is 3.58.